The predicted molar refractivity (Wildman–Crippen MR) is 34.0 cm³/mol. The van der Waals surface area contributed by atoms with Gasteiger partial charge in [0.2, 0.25) is 0 Å². The number of hydrogen-bond acceptors (Lipinski definition) is 3. The minimum atomic E-state index is 0.370. The van der Waals surface area contributed by atoms with Gasteiger partial charge in [-0.3, -0.25) is 4.84 Å². The molecule has 1 saturated heterocycles. The highest BCUT2D eigenvalue weighted by Crippen LogP contribution is 2.07. The first-order chi connectivity index (χ1) is 4.43. The van der Waals surface area contributed by atoms with Gasteiger partial charge in [0.05, 0.1) is 13.2 Å². The summed E-state index contributed by atoms with van der Waals surface area (Å²) < 4.78 is 4.92. The van der Waals surface area contributed by atoms with Crippen molar-refractivity contribution in [3.05, 3.63) is 0 Å². The Labute approximate surface area is 55.3 Å². The van der Waals surface area contributed by atoms with Crippen molar-refractivity contribution in [1.82, 2.24) is 5.48 Å². The highest BCUT2D eigenvalue weighted by Gasteiger charge is 2.22. The van der Waals surface area contributed by atoms with E-state index in [9.17, 15) is 0 Å². The van der Waals surface area contributed by atoms with Crippen LogP contribution in [0.5, 0.6) is 0 Å². The van der Waals surface area contributed by atoms with Crippen LogP contribution in [0.4, 0.5) is 0 Å². The predicted octanol–water partition coefficient (Wildman–Crippen LogP) is 0.316. The number of hydroxylamine groups is 1. The van der Waals surface area contributed by atoms with Crippen molar-refractivity contribution in [3.8, 4) is 0 Å². The summed E-state index contributed by atoms with van der Waals surface area (Å²) in [6.45, 7) is 4.59. The Morgan fingerprint density at radius 3 is 3.11 bits per heavy atom. The van der Waals surface area contributed by atoms with Crippen LogP contribution in [0.2, 0.25) is 0 Å². The maximum absolute atomic E-state index is 5.02. The lowest BCUT2D eigenvalue weighted by atomic mass is 10.5. The maximum Gasteiger partial charge on any atom is 0.106 e. The van der Waals surface area contributed by atoms with Gasteiger partial charge >= 0.3 is 0 Å². The van der Waals surface area contributed by atoms with Crippen molar-refractivity contribution in [1.29, 1.82) is 0 Å². The lowest BCUT2D eigenvalue weighted by Crippen LogP contribution is -2.18. The molecule has 1 N–H and O–H groups in total. The molecule has 0 aromatic heterocycles. The molecule has 1 atom stereocenters. The Balaban J connectivity index is 1.71. The van der Waals surface area contributed by atoms with Crippen LogP contribution in [0, 0.1) is 0 Å². The zero-order chi connectivity index (χ0) is 6.53. The monoisotopic (exact) mass is 131 g/mol. The average Bonchev–Trinajstić information content (AvgIpc) is 2.63. The molecule has 3 nitrogen and oxygen atoms in total. The standard InChI is InChI=1S/C6H13NO2/c1-2-3-7-9-5-6-4-8-6/h6-7H,2-5H2,1H3. The number of ether oxygens (including phenoxy) is 1. The van der Waals surface area contributed by atoms with Crippen molar-refractivity contribution < 1.29 is 9.57 Å². The molecular formula is C6H13NO2. The number of rotatable bonds is 5. The van der Waals surface area contributed by atoms with E-state index in [1.54, 1.807) is 0 Å². The van der Waals surface area contributed by atoms with E-state index in [0.717, 1.165) is 19.6 Å². The molecule has 0 aromatic carbocycles. The summed E-state index contributed by atoms with van der Waals surface area (Å²) in [5, 5.41) is 0. The zero-order valence-corrected chi connectivity index (χ0v) is 5.72. The number of nitrogens with one attached hydrogen (secondary N) is 1. The molecule has 0 saturated carbocycles. The molecular weight excluding hydrogens is 118 g/mol. The summed E-state index contributed by atoms with van der Waals surface area (Å²) in [5.41, 5.74) is 2.83. The summed E-state index contributed by atoms with van der Waals surface area (Å²) in [5.74, 6) is 0. The quantitative estimate of drug-likeness (QED) is 0.331. The van der Waals surface area contributed by atoms with Gasteiger partial charge in [0.15, 0.2) is 0 Å². The van der Waals surface area contributed by atoms with E-state index in [0.29, 0.717) is 12.7 Å². The molecule has 1 heterocycles. The topological polar surface area (TPSA) is 33.8 Å². The molecule has 9 heavy (non-hydrogen) atoms. The van der Waals surface area contributed by atoms with Crippen LogP contribution in [-0.4, -0.2) is 25.9 Å². The second-order valence-electron chi connectivity index (χ2n) is 2.16. The fourth-order valence-corrected chi connectivity index (χ4v) is 0.490. The van der Waals surface area contributed by atoms with E-state index >= 15 is 0 Å². The molecule has 0 amide bonds. The number of hydrogen-bond donors (Lipinski definition) is 1. The summed E-state index contributed by atoms with van der Waals surface area (Å²) in [6.07, 6.45) is 1.47. The van der Waals surface area contributed by atoms with Gasteiger partial charge in [0, 0.05) is 6.54 Å². The third kappa shape index (κ3) is 3.46. The van der Waals surface area contributed by atoms with Gasteiger partial charge in [-0.1, -0.05) is 6.92 Å². The van der Waals surface area contributed by atoms with Crippen LogP contribution >= 0.6 is 0 Å². The molecule has 1 aliphatic rings. The number of epoxide rings is 1. The van der Waals surface area contributed by atoms with Crippen LogP contribution in [0.25, 0.3) is 0 Å². The summed E-state index contributed by atoms with van der Waals surface area (Å²) in [7, 11) is 0. The molecule has 1 fully saturated rings. The van der Waals surface area contributed by atoms with Gasteiger partial charge in [0.1, 0.15) is 6.10 Å². The molecule has 54 valence electrons. The molecule has 1 rings (SSSR count). The Hall–Kier alpha value is -0.120. The van der Waals surface area contributed by atoms with Crippen LogP contribution in [0.1, 0.15) is 13.3 Å². The first kappa shape index (κ1) is 6.99. The van der Waals surface area contributed by atoms with Crippen LogP contribution in [-0.2, 0) is 9.57 Å². The summed E-state index contributed by atoms with van der Waals surface area (Å²) in [6, 6.07) is 0. The van der Waals surface area contributed by atoms with Crippen molar-refractivity contribution in [2.24, 2.45) is 0 Å². The fraction of sp³-hybridized carbons (Fsp3) is 1.00. The Morgan fingerprint density at radius 1 is 1.78 bits per heavy atom. The van der Waals surface area contributed by atoms with Crippen molar-refractivity contribution in [2.75, 3.05) is 19.8 Å². The molecule has 0 radical (unpaired) electrons. The molecule has 0 aliphatic carbocycles. The van der Waals surface area contributed by atoms with Gasteiger partial charge in [-0.25, -0.2) is 5.48 Å². The highest BCUT2D eigenvalue weighted by atomic mass is 16.7. The third-order valence-electron chi connectivity index (χ3n) is 1.13. The van der Waals surface area contributed by atoms with E-state index < -0.39 is 0 Å². The first-order valence-corrected chi connectivity index (χ1v) is 3.39. The molecule has 0 bridgehead atoms. The van der Waals surface area contributed by atoms with Crippen LogP contribution < -0.4 is 5.48 Å². The van der Waals surface area contributed by atoms with Crippen LogP contribution in [0.3, 0.4) is 0 Å². The molecule has 0 aromatic rings. The Morgan fingerprint density at radius 2 is 2.56 bits per heavy atom. The van der Waals surface area contributed by atoms with E-state index in [-0.39, 0.29) is 0 Å². The highest BCUT2D eigenvalue weighted by molar-refractivity contribution is 4.66. The van der Waals surface area contributed by atoms with Gasteiger partial charge in [-0.15, -0.1) is 0 Å². The summed E-state index contributed by atoms with van der Waals surface area (Å²) in [4.78, 5) is 5.02. The van der Waals surface area contributed by atoms with Crippen molar-refractivity contribution in [2.45, 2.75) is 19.4 Å². The first-order valence-electron chi connectivity index (χ1n) is 3.39. The van der Waals surface area contributed by atoms with Gasteiger partial charge < -0.3 is 4.74 Å². The lowest BCUT2D eigenvalue weighted by Gasteiger charge is -1.99. The molecule has 1 unspecified atom stereocenters. The fourth-order valence-electron chi connectivity index (χ4n) is 0.490. The lowest BCUT2D eigenvalue weighted by molar-refractivity contribution is 0.0311. The van der Waals surface area contributed by atoms with E-state index in [2.05, 4.69) is 12.4 Å². The van der Waals surface area contributed by atoms with E-state index in [1.165, 1.54) is 0 Å². The second kappa shape index (κ2) is 3.82. The largest absolute Gasteiger partial charge is 0.371 e. The minimum Gasteiger partial charge on any atom is -0.371 e. The Kier molecular flexibility index (Phi) is 2.97. The van der Waals surface area contributed by atoms with E-state index in [4.69, 9.17) is 9.57 Å². The van der Waals surface area contributed by atoms with Crippen molar-refractivity contribution in [3.63, 3.8) is 0 Å². The van der Waals surface area contributed by atoms with E-state index in [1.807, 2.05) is 0 Å². The normalized spacial score (nSPS) is 24.3. The van der Waals surface area contributed by atoms with Gasteiger partial charge in [-0.2, -0.15) is 0 Å². The summed E-state index contributed by atoms with van der Waals surface area (Å²) >= 11 is 0. The van der Waals surface area contributed by atoms with Crippen molar-refractivity contribution >= 4 is 0 Å². The third-order valence-corrected chi connectivity index (χ3v) is 1.13. The van der Waals surface area contributed by atoms with Gasteiger partial charge in [0.25, 0.3) is 0 Å². The van der Waals surface area contributed by atoms with Gasteiger partial charge in [-0.05, 0) is 6.42 Å². The minimum absolute atomic E-state index is 0.370. The molecule has 3 heteroatoms. The smallest absolute Gasteiger partial charge is 0.106 e. The second-order valence-corrected chi connectivity index (χ2v) is 2.16. The zero-order valence-electron chi connectivity index (χ0n) is 5.72. The molecule has 0 spiro atoms. The average molecular weight is 131 g/mol. The SMILES string of the molecule is CCCNOCC1CO1. The Bertz CT molecular complexity index is 73.5. The maximum atomic E-state index is 5.02. The van der Waals surface area contributed by atoms with Crippen LogP contribution in [0.15, 0.2) is 0 Å². The molecule has 1 aliphatic heterocycles.